The maximum absolute atomic E-state index is 2.43. The van der Waals surface area contributed by atoms with Crippen LogP contribution in [-0.4, -0.2) is 0 Å². The van der Waals surface area contributed by atoms with Crippen LogP contribution in [0.2, 0.25) is 0 Å². The molecule has 0 saturated carbocycles. The molecule has 0 unspecified atom stereocenters. The second-order valence-corrected chi connectivity index (χ2v) is 24.9. The molecule has 0 aromatic heterocycles. The Morgan fingerprint density at radius 3 is 0.323 bits per heavy atom. The van der Waals surface area contributed by atoms with Gasteiger partial charge in [0.1, 0.15) is 0 Å². The van der Waals surface area contributed by atoms with Gasteiger partial charge in [0.05, 0.1) is 0 Å². The molecule has 0 atom stereocenters. The summed E-state index contributed by atoms with van der Waals surface area (Å²) in [5.41, 5.74) is 34.9. The molecule has 0 aliphatic heterocycles. The van der Waals surface area contributed by atoms with Crippen molar-refractivity contribution in [2.45, 2.75) is 0 Å². The quantitative estimate of drug-likeness (QED) is 0.0960. The summed E-state index contributed by atoms with van der Waals surface area (Å²) in [7, 11) is 0. The molecule has 16 aromatic rings. The average molecular weight is 1220 g/mol. The second kappa shape index (κ2) is 26.6. The van der Waals surface area contributed by atoms with Crippen molar-refractivity contribution in [3.05, 3.63) is 400 Å². The van der Waals surface area contributed by atoms with Gasteiger partial charge in [-0.3, -0.25) is 0 Å². The summed E-state index contributed by atoms with van der Waals surface area (Å²) in [5.74, 6) is 0. The van der Waals surface area contributed by atoms with Crippen molar-refractivity contribution in [1.82, 2.24) is 0 Å². The van der Waals surface area contributed by atoms with Gasteiger partial charge in [0.25, 0.3) is 0 Å². The molecule has 0 aliphatic rings. The summed E-state index contributed by atoms with van der Waals surface area (Å²) in [6.07, 6.45) is 0. The Balaban J connectivity index is 0.880. The molecule has 0 heteroatoms. The van der Waals surface area contributed by atoms with Gasteiger partial charge in [-0.1, -0.05) is 315 Å². The zero-order valence-electron chi connectivity index (χ0n) is 53.1. The predicted octanol–water partition coefficient (Wildman–Crippen LogP) is 26.7. The highest BCUT2D eigenvalue weighted by molar-refractivity contribution is 5.91. The highest BCUT2D eigenvalue weighted by Crippen LogP contribution is 2.43. The largest absolute Gasteiger partial charge is 0.0622 e. The molecule has 0 spiro atoms. The summed E-state index contributed by atoms with van der Waals surface area (Å²) in [6.45, 7) is 0. The van der Waals surface area contributed by atoms with E-state index in [1.807, 2.05) is 0 Å². The molecule has 0 fully saturated rings. The van der Waals surface area contributed by atoms with Gasteiger partial charge >= 0.3 is 0 Å². The fourth-order valence-electron chi connectivity index (χ4n) is 13.5. The first-order valence-corrected chi connectivity index (χ1v) is 33.1. The van der Waals surface area contributed by atoms with E-state index in [2.05, 4.69) is 400 Å². The van der Waals surface area contributed by atoms with Crippen molar-refractivity contribution in [2.75, 3.05) is 0 Å². The van der Waals surface area contributed by atoms with Crippen LogP contribution in [0.4, 0.5) is 0 Å². The molecule has 0 bridgehead atoms. The van der Waals surface area contributed by atoms with Crippen molar-refractivity contribution in [3.63, 3.8) is 0 Å². The topological polar surface area (TPSA) is 0 Å². The standard InChI is InChI=1S/C96H66/c1-6-21-67(22-7-1)72-41-47-75(48-42-72)80-33-18-38-85(55-80)90-58-88(83-36-16-31-78(53-83)70-27-12-4-13-28-70)60-93(62-90)95-64-92(87-40-20-35-82(57-87)77-51-45-74(46-52-77)69-25-10-3-11-26-69)65-96(66-95)94-61-89(84-37-17-32-79(54-84)71-29-14-5-15-30-71)59-91(63-94)86-39-19-34-81(56-86)76-49-43-73(44-50-76)68-23-8-2-9-24-68/h1-66H. The van der Waals surface area contributed by atoms with Crippen molar-refractivity contribution in [1.29, 1.82) is 0 Å². The minimum Gasteiger partial charge on any atom is -0.0622 e. The SMILES string of the molecule is c1ccc(-c2ccc(-c3cccc(-c4cc(-c5cccc(-c6ccccc6)c5)cc(-c5cc(-c6cccc(-c7ccc(-c8ccccc8)cc7)c6)cc(-c6cc(-c7cccc(-c8ccccc8)c7)cc(-c7cccc(-c8ccc(-c9ccccc9)cc8)c7)c6)c5)c4)c3)cc2)cc1. The summed E-state index contributed by atoms with van der Waals surface area (Å²) in [6, 6.07) is 147. The zero-order valence-corrected chi connectivity index (χ0v) is 53.1. The third-order valence-corrected chi connectivity index (χ3v) is 18.6. The van der Waals surface area contributed by atoms with Crippen LogP contribution in [0.25, 0.3) is 167 Å². The Morgan fingerprint density at radius 2 is 0.156 bits per heavy atom. The molecule has 16 rings (SSSR count). The molecule has 96 heavy (non-hydrogen) atoms. The number of rotatable bonds is 15. The second-order valence-electron chi connectivity index (χ2n) is 24.9. The van der Waals surface area contributed by atoms with E-state index in [9.17, 15) is 0 Å². The lowest BCUT2D eigenvalue weighted by Gasteiger charge is -2.17. The van der Waals surface area contributed by atoms with Crippen LogP contribution in [0, 0.1) is 0 Å². The van der Waals surface area contributed by atoms with E-state index in [0.717, 1.165) is 83.5 Å². The molecule has 0 saturated heterocycles. The lowest BCUT2D eigenvalue weighted by molar-refractivity contribution is 1.53. The van der Waals surface area contributed by atoms with Gasteiger partial charge in [-0.05, 0) is 252 Å². The maximum Gasteiger partial charge on any atom is -0.0171 e. The molecule has 450 valence electrons. The van der Waals surface area contributed by atoms with Crippen LogP contribution in [0.5, 0.6) is 0 Å². The summed E-state index contributed by atoms with van der Waals surface area (Å²) in [4.78, 5) is 0. The Morgan fingerprint density at radius 1 is 0.0625 bits per heavy atom. The van der Waals surface area contributed by atoms with Crippen molar-refractivity contribution in [3.8, 4) is 167 Å². The van der Waals surface area contributed by atoms with Gasteiger partial charge in [0.2, 0.25) is 0 Å². The zero-order chi connectivity index (χ0) is 64.0. The normalized spacial score (nSPS) is 11.1. The molecular formula is C96H66. The fraction of sp³-hybridized carbons (Fsp3) is 0. The highest BCUT2D eigenvalue weighted by Gasteiger charge is 2.17. The predicted molar refractivity (Wildman–Crippen MR) is 408 cm³/mol. The van der Waals surface area contributed by atoms with Crippen LogP contribution in [0.3, 0.4) is 0 Å². The van der Waals surface area contributed by atoms with Gasteiger partial charge in [-0.2, -0.15) is 0 Å². The Bertz CT molecular complexity index is 5110. The van der Waals surface area contributed by atoms with E-state index in [-0.39, 0.29) is 0 Å². The third-order valence-electron chi connectivity index (χ3n) is 18.6. The minimum atomic E-state index is 1.12. The van der Waals surface area contributed by atoms with Gasteiger partial charge < -0.3 is 0 Å². The van der Waals surface area contributed by atoms with Crippen molar-refractivity contribution >= 4 is 0 Å². The number of benzene rings is 16. The van der Waals surface area contributed by atoms with Crippen LogP contribution >= 0.6 is 0 Å². The molecular weight excluding hydrogens is 1150 g/mol. The maximum atomic E-state index is 2.43. The molecule has 0 amide bonds. The van der Waals surface area contributed by atoms with E-state index in [0.29, 0.717) is 0 Å². The van der Waals surface area contributed by atoms with Gasteiger partial charge in [-0.15, -0.1) is 0 Å². The number of hydrogen-bond acceptors (Lipinski definition) is 0. The molecule has 0 nitrogen and oxygen atoms in total. The Kier molecular flexibility index (Phi) is 16.2. The van der Waals surface area contributed by atoms with Crippen LogP contribution in [0.15, 0.2) is 400 Å². The van der Waals surface area contributed by atoms with Crippen LogP contribution in [-0.2, 0) is 0 Å². The first-order valence-electron chi connectivity index (χ1n) is 33.1. The van der Waals surface area contributed by atoms with Crippen molar-refractivity contribution in [2.24, 2.45) is 0 Å². The highest BCUT2D eigenvalue weighted by atomic mass is 14.2. The molecule has 0 N–H and O–H groups in total. The monoisotopic (exact) mass is 1220 g/mol. The average Bonchev–Trinajstić information content (AvgIpc) is 0.789. The Hall–Kier alpha value is -12.5. The fourth-order valence-corrected chi connectivity index (χ4v) is 13.5. The summed E-state index contributed by atoms with van der Waals surface area (Å²) >= 11 is 0. The molecule has 0 aliphatic carbocycles. The van der Waals surface area contributed by atoms with Gasteiger partial charge in [0, 0.05) is 0 Å². The lowest BCUT2D eigenvalue weighted by atomic mass is 9.87. The minimum absolute atomic E-state index is 1.12. The summed E-state index contributed by atoms with van der Waals surface area (Å²) in [5, 5.41) is 0. The molecule has 0 radical (unpaired) electrons. The van der Waals surface area contributed by atoms with E-state index in [1.54, 1.807) is 0 Å². The van der Waals surface area contributed by atoms with E-state index in [4.69, 9.17) is 0 Å². The molecule has 0 heterocycles. The first-order chi connectivity index (χ1) is 47.5. The first kappa shape index (κ1) is 58.6. The van der Waals surface area contributed by atoms with E-state index < -0.39 is 0 Å². The van der Waals surface area contributed by atoms with Gasteiger partial charge in [0.15, 0.2) is 0 Å². The van der Waals surface area contributed by atoms with Crippen LogP contribution < -0.4 is 0 Å². The smallest absolute Gasteiger partial charge is 0.0171 e. The van der Waals surface area contributed by atoms with E-state index >= 15 is 0 Å². The van der Waals surface area contributed by atoms with Crippen LogP contribution in [0.1, 0.15) is 0 Å². The van der Waals surface area contributed by atoms with Gasteiger partial charge in [-0.25, -0.2) is 0 Å². The third kappa shape index (κ3) is 12.8. The number of hydrogen-bond donors (Lipinski definition) is 0. The van der Waals surface area contributed by atoms with Crippen molar-refractivity contribution < 1.29 is 0 Å². The summed E-state index contributed by atoms with van der Waals surface area (Å²) < 4.78 is 0. The van der Waals surface area contributed by atoms with E-state index in [1.165, 1.54) is 83.5 Å². The lowest BCUT2D eigenvalue weighted by Crippen LogP contribution is -1.91. The molecule has 16 aromatic carbocycles. The Labute approximate surface area is 563 Å².